The molecule has 0 spiro atoms. The number of rotatable bonds is 4. The molecule has 1 aliphatic rings. The molecule has 3 nitrogen and oxygen atoms in total. The van der Waals surface area contributed by atoms with Crippen molar-refractivity contribution in [2.24, 2.45) is 5.92 Å². The maximum atomic E-state index is 11.4. The number of thiophene rings is 1. The lowest BCUT2D eigenvalue weighted by Crippen LogP contribution is -2.19. The number of carbonyl (C=O) groups is 1. The number of pyridine rings is 1. The molecular weight excluding hydrogens is 418 g/mol. The maximum absolute atomic E-state index is 11.4. The van der Waals surface area contributed by atoms with Gasteiger partial charge in [0, 0.05) is 31.7 Å². The van der Waals surface area contributed by atoms with E-state index in [9.17, 15) is 9.90 Å². The van der Waals surface area contributed by atoms with E-state index in [0.717, 1.165) is 34.6 Å². The summed E-state index contributed by atoms with van der Waals surface area (Å²) in [5.41, 5.74) is 2.15. The number of halogens is 1. The maximum Gasteiger partial charge on any atom is 0.307 e. The molecule has 0 saturated heterocycles. The molecule has 2 atom stereocenters. The first-order valence-electron chi connectivity index (χ1n) is 8.16. The minimum Gasteiger partial charge on any atom is -0.481 e. The van der Waals surface area contributed by atoms with Crippen LogP contribution in [-0.4, -0.2) is 21.3 Å². The Morgan fingerprint density at radius 2 is 2.12 bits per heavy atom. The molecule has 3 aromatic rings. The molecule has 2 aromatic heterocycles. The zero-order valence-corrected chi connectivity index (χ0v) is 16.5. The Morgan fingerprint density at radius 1 is 1.24 bits per heavy atom. The summed E-state index contributed by atoms with van der Waals surface area (Å²) >= 11 is 7.00. The fraction of sp³-hybridized carbons (Fsp3) is 0.263. The summed E-state index contributed by atoms with van der Waals surface area (Å²) in [4.78, 5) is 17.0. The Labute approximate surface area is 162 Å². The number of aliphatic carboxylic acids is 1. The van der Waals surface area contributed by atoms with Crippen LogP contribution < -0.4 is 0 Å². The van der Waals surface area contributed by atoms with Crippen molar-refractivity contribution in [3.63, 3.8) is 0 Å². The van der Waals surface area contributed by atoms with E-state index >= 15 is 0 Å². The molecule has 128 valence electrons. The monoisotopic (exact) mass is 433 g/mol. The second-order valence-electron chi connectivity index (χ2n) is 6.17. The van der Waals surface area contributed by atoms with Gasteiger partial charge in [-0.25, -0.2) is 0 Å². The fourth-order valence-corrected chi connectivity index (χ4v) is 6.48. The van der Waals surface area contributed by atoms with Crippen molar-refractivity contribution < 1.29 is 9.90 Å². The quantitative estimate of drug-likeness (QED) is 0.542. The summed E-state index contributed by atoms with van der Waals surface area (Å²) in [6, 6.07) is 12.4. The van der Waals surface area contributed by atoms with Gasteiger partial charge in [-0.3, -0.25) is 9.78 Å². The van der Waals surface area contributed by atoms with Crippen LogP contribution >= 0.6 is 39.0 Å². The number of thioether (sulfide) groups is 1. The minimum atomic E-state index is -0.656. The molecule has 1 aromatic carbocycles. The van der Waals surface area contributed by atoms with Crippen LogP contribution in [0.1, 0.15) is 19.3 Å². The van der Waals surface area contributed by atoms with E-state index in [1.165, 1.54) is 14.6 Å². The average Bonchev–Trinajstić information content (AvgIpc) is 3.24. The van der Waals surface area contributed by atoms with E-state index in [1.54, 1.807) is 23.1 Å². The number of carboxylic acid groups (broad SMARTS) is 1. The van der Waals surface area contributed by atoms with Crippen LogP contribution in [0.3, 0.4) is 0 Å². The van der Waals surface area contributed by atoms with Crippen molar-refractivity contribution in [1.29, 1.82) is 0 Å². The van der Waals surface area contributed by atoms with Gasteiger partial charge in [-0.1, -0.05) is 22.4 Å². The third-order valence-electron chi connectivity index (χ3n) is 4.59. The van der Waals surface area contributed by atoms with Gasteiger partial charge in [0.25, 0.3) is 0 Å². The van der Waals surface area contributed by atoms with Gasteiger partial charge in [-0.05, 0) is 49.2 Å². The number of nitrogens with zero attached hydrogens (tertiary/aromatic N) is 1. The van der Waals surface area contributed by atoms with Crippen molar-refractivity contribution in [2.45, 2.75) is 28.7 Å². The lowest BCUT2D eigenvalue weighted by atomic mass is 10.1. The summed E-state index contributed by atoms with van der Waals surface area (Å²) in [5.74, 6) is -0.870. The Balaban J connectivity index is 1.64. The molecule has 0 bridgehead atoms. The molecule has 1 fully saturated rings. The summed E-state index contributed by atoms with van der Waals surface area (Å²) in [7, 11) is 0. The van der Waals surface area contributed by atoms with Crippen molar-refractivity contribution >= 4 is 55.9 Å². The predicted octanol–water partition coefficient (Wildman–Crippen LogP) is 6.07. The second kappa shape index (κ2) is 7.09. The topological polar surface area (TPSA) is 50.2 Å². The van der Waals surface area contributed by atoms with Gasteiger partial charge >= 0.3 is 5.97 Å². The zero-order valence-electron chi connectivity index (χ0n) is 13.3. The highest BCUT2D eigenvalue weighted by Crippen LogP contribution is 2.44. The Kier molecular flexibility index (Phi) is 4.84. The highest BCUT2D eigenvalue weighted by Gasteiger charge is 2.33. The van der Waals surface area contributed by atoms with Crippen LogP contribution in [0.5, 0.6) is 0 Å². The van der Waals surface area contributed by atoms with Crippen LogP contribution in [0.15, 0.2) is 51.3 Å². The van der Waals surface area contributed by atoms with Crippen molar-refractivity contribution in [1.82, 2.24) is 4.98 Å². The standard InChI is InChI=1S/C19H16BrNO2S2/c20-11-4-5-15-14(10-11)12(8-9-21-15)17-6-7-18(25-17)24-16-3-1-2-13(16)19(22)23/h4-10,13,16H,1-3H2,(H,22,23). The first-order chi connectivity index (χ1) is 12.1. The molecule has 25 heavy (non-hydrogen) atoms. The molecule has 1 aliphatic carbocycles. The summed E-state index contributed by atoms with van der Waals surface area (Å²) in [6.45, 7) is 0. The smallest absolute Gasteiger partial charge is 0.307 e. The zero-order chi connectivity index (χ0) is 17.4. The van der Waals surface area contributed by atoms with Gasteiger partial charge in [0.05, 0.1) is 15.6 Å². The molecule has 6 heteroatoms. The molecular formula is C19H16BrNO2S2. The molecule has 4 rings (SSSR count). The van der Waals surface area contributed by atoms with Gasteiger partial charge < -0.3 is 5.11 Å². The lowest BCUT2D eigenvalue weighted by Gasteiger charge is -2.13. The van der Waals surface area contributed by atoms with Crippen molar-refractivity contribution in [3.8, 4) is 10.4 Å². The van der Waals surface area contributed by atoms with E-state index in [1.807, 2.05) is 24.4 Å². The van der Waals surface area contributed by atoms with Crippen molar-refractivity contribution in [3.05, 3.63) is 47.1 Å². The molecule has 1 saturated carbocycles. The number of hydrogen-bond donors (Lipinski definition) is 1. The molecule has 0 amide bonds. The molecule has 0 radical (unpaired) electrons. The highest BCUT2D eigenvalue weighted by molar-refractivity contribution is 9.10. The first kappa shape index (κ1) is 17.1. The summed E-state index contributed by atoms with van der Waals surface area (Å²) in [6.07, 6.45) is 4.64. The molecule has 0 aliphatic heterocycles. The van der Waals surface area contributed by atoms with E-state index < -0.39 is 5.97 Å². The van der Waals surface area contributed by atoms with Crippen LogP contribution in [0, 0.1) is 5.92 Å². The first-order valence-corrected chi connectivity index (χ1v) is 10.6. The summed E-state index contributed by atoms with van der Waals surface area (Å²) < 4.78 is 2.23. The minimum absolute atomic E-state index is 0.187. The predicted molar refractivity (Wildman–Crippen MR) is 107 cm³/mol. The number of benzene rings is 1. The fourth-order valence-electron chi connectivity index (χ4n) is 3.36. The Bertz CT molecular complexity index is 940. The van der Waals surface area contributed by atoms with E-state index in [2.05, 4.69) is 39.1 Å². The Morgan fingerprint density at radius 3 is 2.96 bits per heavy atom. The SMILES string of the molecule is O=C(O)C1CCCC1Sc1ccc(-c2ccnc3ccc(Br)cc23)s1. The highest BCUT2D eigenvalue weighted by atomic mass is 79.9. The summed E-state index contributed by atoms with van der Waals surface area (Å²) in [5, 5.41) is 10.7. The average molecular weight is 434 g/mol. The van der Waals surface area contributed by atoms with Gasteiger partial charge in [0.2, 0.25) is 0 Å². The molecule has 1 N–H and O–H groups in total. The van der Waals surface area contributed by atoms with Gasteiger partial charge in [0.1, 0.15) is 0 Å². The van der Waals surface area contributed by atoms with Crippen LogP contribution in [-0.2, 0) is 4.79 Å². The van der Waals surface area contributed by atoms with Gasteiger partial charge in [-0.15, -0.1) is 23.1 Å². The van der Waals surface area contributed by atoms with E-state index in [4.69, 9.17) is 0 Å². The third kappa shape index (κ3) is 3.48. The second-order valence-corrected chi connectivity index (χ2v) is 9.71. The Hall–Kier alpha value is -1.37. The van der Waals surface area contributed by atoms with Crippen LogP contribution in [0.25, 0.3) is 21.3 Å². The largest absolute Gasteiger partial charge is 0.481 e. The number of aromatic nitrogens is 1. The third-order valence-corrected chi connectivity index (χ3v) is 7.77. The van der Waals surface area contributed by atoms with E-state index in [0.29, 0.717) is 0 Å². The normalized spacial score (nSPS) is 20.2. The van der Waals surface area contributed by atoms with Crippen LogP contribution in [0.4, 0.5) is 0 Å². The number of hydrogen-bond acceptors (Lipinski definition) is 4. The van der Waals surface area contributed by atoms with Crippen molar-refractivity contribution in [2.75, 3.05) is 0 Å². The van der Waals surface area contributed by atoms with E-state index in [-0.39, 0.29) is 11.2 Å². The van der Waals surface area contributed by atoms with Gasteiger partial charge in [-0.2, -0.15) is 0 Å². The molecule has 2 unspecified atom stereocenters. The number of fused-ring (bicyclic) bond motifs is 1. The lowest BCUT2D eigenvalue weighted by molar-refractivity contribution is -0.141. The van der Waals surface area contributed by atoms with Gasteiger partial charge in [0.15, 0.2) is 0 Å². The number of carboxylic acids is 1. The van der Waals surface area contributed by atoms with Crippen LogP contribution in [0.2, 0.25) is 0 Å². The molecule has 2 heterocycles.